The number of nitrogens with one attached hydrogen (secondary N) is 1. The first kappa shape index (κ1) is 23.5. The van der Waals surface area contributed by atoms with Crippen LogP contribution in [0.1, 0.15) is 34.8 Å². The number of nitrogens with zero attached hydrogens (tertiary/aromatic N) is 2. The van der Waals surface area contributed by atoms with E-state index in [1.165, 1.54) is 18.2 Å². The number of halogens is 4. The number of hydrogen-bond acceptors (Lipinski definition) is 7. The third-order valence-corrected chi connectivity index (χ3v) is 4.98. The van der Waals surface area contributed by atoms with Gasteiger partial charge in [-0.3, -0.25) is 9.78 Å². The van der Waals surface area contributed by atoms with E-state index in [9.17, 15) is 22.4 Å². The molecule has 1 aliphatic carbocycles. The molecule has 0 aliphatic heterocycles. The van der Waals surface area contributed by atoms with Crippen molar-refractivity contribution in [3.8, 4) is 23.0 Å². The number of nitrogens with two attached hydrogens (primary N) is 1. The molecule has 1 amide bonds. The number of rotatable bonds is 10. The maximum Gasteiger partial charge on any atom is 0.387 e. The van der Waals surface area contributed by atoms with E-state index < -0.39 is 24.2 Å². The number of hydrogen-bond donors (Lipinski definition) is 2. The highest BCUT2D eigenvalue weighted by atomic mass is 19.3. The normalized spacial score (nSPS) is 13.2. The van der Waals surface area contributed by atoms with Crippen molar-refractivity contribution in [3.63, 3.8) is 0 Å². The highest BCUT2D eigenvalue weighted by Gasteiger charge is 2.25. The zero-order valence-electron chi connectivity index (χ0n) is 17.7. The van der Waals surface area contributed by atoms with Gasteiger partial charge in [0.15, 0.2) is 23.0 Å². The number of aromatic nitrogens is 2. The van der Waals surface area contributed by atoms with E-state index >= 15 is 0 Å². The Balaban J connectivity index is 1.54. The van der Waals surface area contributed by atoms with Crippen LogP contribution in [0.15, 0.2) is 34.9 Å². The lowest BCUT2D eigenvalue weighted by Gasteiger charge is -2.12. The Kier molecular flexibility index (Phi) is 6.96. The third kappa shape index (κ3) is 5.63. The molecule has 8 nitrogen and oxygen atoms in total. The van der Waals surface area contributed by atoms with Gasteiger partial charge >= 0.3 is 6.61 Å². The van der Waals surface area contributed by atoms with Crippen molar-refractivity contribution in [3.05, 3.63) is 59.2 Å². The van der Waals surface area contributed by atoms with Crippen molar-refractivity contribution in [2.45, 2.75) is 32.5 Å². The second-order valence-corrected chi connectivity index (χ2v) is 7.55. The van der Waals surface area contributed by atoms with Crippen molar-refractivity contribution >= 4 is 5.91 Å². The topological polar surface area (TPSA) is 113 Å². The molecule has 0 unspecified atom stereocenters. The van der Waals surface area contributed by atoms with Gasteiger partial charge in [0, 0.05) is 11.6 Å². The fourth-order valence-corrected chi connectivity index (χ4v) is 3.05. The zero-order valence-corrected chi connectivity index (χ0v) is 17.7. The molecular weight excluding hydrogens is 460 g/mol. The van der Waals surface area contributed by atoms with E-state index in [0.29, 0.717) is 24.2 Å². The summed E-state index contributed by atoms with van der Waals surface area (Å²) in [6.07, 6.45) is 2.83. The fraction of sp³-hybridized carbons (Fsp3) is 0.318. The molecule has 1 saturated carbocycles. The van der Waals surface area contributed by atoms with Crippen molar-refractivity contribution in [2.24, 2.45) is 11.7 Å². The minimum absolute atomic E-state index is 0.00319. The maximum absolute atomic E-state index is 13.8. The third-order valence-electron chi connectivity index (χ3n) is 4.98. The largest absolute Gasteiger partial charge is 0.489 e. The number of ether oxygens (including phenoxy) is 2. The zero-order chi connectivity index (χ0) is 24.2. The molecule has 0 atom stereocenters. The summed E-state index contributed by atoms with van der Waals surface area (Å²) in [5, 5.41) is 2.43. The molecule has 3 aromatic rings. The molecule has 180 valence electrons. The summed E-state index contributed by atoms with van der Waals surface area (Å²) in [6.45, 7) is -3.17. The molecule has 3 N–H and O–H groups in total. The lowest BCUT2D eigenvalue weighted by molar-refractivity contribution is -0.0515. The summed E-state index contributed by atoms with van der Waals surface area (Å²) in [5.41, 5.74) is 5.70. The lowest BCUT2D eigenvalue weighted by Crippen LogP contribution is -2.25. The molecular formula is C22H20F4N4O4. The molecule has 1 aromatic carbocycles. The number of carbonyl (C=O) groups excluding carboxylic acids is 1. The summed E-state index contributed by atoms with van der Waals surface area (Å²) in [7, 11) is 0. The minimum Gasteiger partial charge on any atom is -0.489 e. The summed E-state index contributed by atoms with van der Waals surface area (Å²) in [5.74, 6) is -2.12. The van der Waals surface area contributed by atoms with Gasteiger partial charge in [0.25, 0.3) is 5.91 Å². The lowest BCUT2D eigenvalue weighted by atomic mass is 10.2. The van der Waals surface area contributed by atoms with Gasteiger partial charge in [-0.25, -0.2) is 13.8 Å². The predicted molar refractivity (Wildman–Crippen MR) is 110 cm³/mol. The van der Waals surface area contributed by atoms with Gasteiger partial charge < -0.3 is 24.9 Å². The molecule has 0 radical (unpaired) electrons. The summed E-state index contributed by atoms with van der Waals surface area (Å²) >= 11 is 0. The summed E-state index contributed by atoms with van der Waals surface area (Å²) < 4.78 is 68.0. The summed E-state index contributed by atoms with van der Waals surface area (Å²) in [6, 6.07) is 4.79. The van der Waals surface area contributed by atoms with Crippen LogP contribution in [0.3, 0.4) is 0 Å². The highest BCUT2D eigenvalue weighted by molar-refractivity contribution is 5.93. The average molecular weight is 480 g/mol. The second kappa shape index (κ2) is 10.1. The van der Waals surface area contributed by atoms with E-state index in [-0.39, 0.29) is 47.6 Å². The molecule has 34 heavy (non-hydrogen) atoms. The molecule has 1 fully saturated rings. The van der Waals surface area contributed by atoms with Crippen molar-refractivity contribution in [1.82, 2.24) is 15.3 Å². The molecule has 0 bridgehead atoms. The summed E-state index contributed by atoms with van der Waals surface area (Å²) in [4.78, 5) is 20.4. The van der Waals surface area contributed by atoms with E-state index in [4.69, 9.17) is 14.9 Å². The van der Waals surface area contributed by atoms with Crippen LogP contribution in [0.2, 0.25) is 0 Å². The Morgan fingerprint density at radius 2 is 2.03 bits per heavy atom. The number of benzene rings is 1. The van der Waals surface area contributed by atoms with E-state index in [2.05, 4.69) is 20.0 Å². The Morgan fingerprint density at radius 1 is 1.24 bits per heavy atom. The number of oxazole rings is 1. The standard InChI is InChI=1S/C22H20F4N4O4/c23-13-6-14(24)15(28-8-13)9-29-20(31)19-18(7-27)33-21(30-19)12-3-4-16(34-22(25)26)17(5-12)32-10-11-1-2-11/h3-6,8,11,22H,1-2,7,9-10,27H2,(H,29,31). The van der Waals surface area contributed by atoms with Crippen LogP contribution in [-0.2, 0) is 13.1 Å². The van der Waals surface area contributed by atoms with E-state index in [0.717, 1.165) is 19.0 Å². The molecule has 1 aliphatic rings. The van der Waals surface area contributed by atoms with Gasteiger partial charge in [0.05, 0.1) is 31.6 Å². The van der Waals surface area contributed by atoms with Crippen LogP contribution in [-0.4, -0.2) is 29.1 Å². The second-order valence-electron chi connectivity index (χ2n) is 7.55. The van der Waals surface area contributed by atoms with Crippen LogP contribution in [0.5, 0.6) is 11.5 Å². The Bertz CT molecular complexity index is 1180. The van der Waals surface area contributed by atoms with Gasteiger partial charge in [-0.15, -0.1) is 0 Å². The van der Waals surface area contributed by atoms with Crippen molar-refractivity contribution in [1.29, 1.82) is 0 Å². The number of pyridine rings is 1. The first-order chi connectivity index (χ1) is 16.3. The quantitative estimate of drug-likeness (QED) is 0.425. The smallest absolute Gasteiger partial charge is 0.387 e. The molecule has 2 aromatic heterocycles. The van der Waals surface area contributed by atoms with Gasteiger partial charge in [0.2, 0.25) is 5.89 Å². The van der Waals surface area contributed by atoms with Gasteiger partial charge in [-0.2, -0.15) is 8.78 Å². The average Bonchev–Trinajstić information content (AvgIpc) is 3.53. The monoisotopic (exact) mass is 480 g/mol. The van der Waals surface area contributed by atoms with Gasteiger partial charge in [0.1, 0.15) is 11.6 Å². The van der Waals surface area contributed by atoms with Gasteiger partial charge in [-0.05, 0) is 37.0 Å². The number of amides is 1. The van der Waals surface area contributed by atoms with Crippen LogP contribution >= 0.6 is 0 Å². The maximum atomic E-state index is 13.8. The van der Waals surface area contributed by atoms with Crippen molar-refractivity contribution in [2.75, 3.05) is 6.61 Å². The first-order valence-corrected chi connectivity index (χ1v) is 10.3. The van der Waals surface area contributed by atoms with Crippen LogP contribution in [0.25, 0.3) is 11.5 Å². The fourth-order valence-electron chi connectivity index (χ4n) is 3.05. The van der Waals surface area contributed by atoms with E-state index in [1.807, 2.05) is 0 Å². The molecule has 12 heteroatoms. The minimum atomic E-state index is -3.03. The molecule has 0 saturated heterocycles. The molecule has 2 heterocycles. The number of alkyl halides is 2. The van der Waals surface area contributed by atoms with Gasteiger partial charge in [-0.1, -0.05) is 0 Å². The Morgan fingerprint density at radius 3 is 2.71 bits per heavy atom. The Hall–Kier alpha value is -3.67. The van der Waals surface area contributed by atoms with Crippen molar-refractivity contribution < 1.29 is 36.2 Å². The Labute approximate surface area is 191 Å². The first-order valence-electron chi connectivity index (χ1n) is 10.3. The molecule has 0 spiro atoms. The van der Waals surface area contributed by atoms with E-state index in [1.54, 1.807) is 0 Å². The predicted octanol–water partition coefficient (Wildman–Crippen LogP) is 3.79. The highest BCUT2D eigenvalue weighted by Crippen LogP contribution is 2.36. The van der Waals surface area contributed by atoms with Crippen LogP contribution < -0.4 is 20.5 Å². The SMILES string of the molecule is NCc1oc(-c2ccc(OC(F)F)c(OCC3CC3)c2)nc1C(=O)NCc1ncc(F)cc1F. The molecule has 4 rings (SSSR count). The van der Waals surface area contributed by atoms with Crippen LogP contribution in [0.4, 0.5) is 17.6 Å². The van der Waals surface area contributed by atoms with Crippen LogP contribution in [0, 0.1) is 17.6 Å². The number of carbonyl (C=O) groups is 1.